The lowest BCUT2D eigenvalue weighted by Crippen LogP contribution is -2.06. The molecule has 0 amide bonds. The van der Waals surface area contributed by atoms with Crippen LogP contribution >= 0.6 is 0 Å². The number of methoxy groups -OCH3 is 1. The first-order chi connectivity index (χ1) is 17.6. The van der Waals surface area contributed by atoms with Gasteiger partial charge in [-0.05, 0) is 65.0 Å². The maximum atomic E-state index is 13.8. The highest BCUT2D eigenvalue weighted by atomic mass is 32.2. The molecular formula is C27H18FN5O2S. The van der Waals surface area contributed by atoms with Crippen LogP contribution in [0.4, 0.5) is 10.2 Å². The first kappa shape index (κ1) is 23.1. The smallest absolute Gasteiger partial charge is 0.151 e. The highest BCUT2D eigenvalue weighted by molar-refractivity contribution is 7.86. The van der Waals surface area contributed by atoms with Crippen molar-refractivity contribution in [1.29, 1.82) is 5.26 Å². The molecule has 0 aliphatic carbocycles. The molecule has 5 aromatic rings. The summed E-state index contributed by atoms with van der Waals surface area (Å²) in [5.41, 5.74) is 2.93. The minimum absolute atomic E-state index is 0.0198. The molecule has 0 bridgehead atoms. The van der Waals surface area contributed by atoms with Gasteiger partial charge in [0.25, 0.3) is 0 Å². The first-order valence-corrected chi connectivity index (χ1v) is 11.9. The fraction of sp³-hybridized carbons (Fsp3) is 0.0370. The maximum Gasteiger partial charge on any atom is 0.151 e. The molecule has 0 aliphatic rings. The quantitative estimate of drug-likeness (QED) is 0.333. The van der Waals surface area contributed by atoms with Crippen molar-refractivity contribution in [2.24, 2.45) is 0 Å². The zero-order valence-electron chi connectivity index (χ0n) is 19.0. The molecule has 0 saturated carbocycles. The number of benzene rings is 3. The average molecular weight is 496 g/mol. The number of nitrogens with zero attached hydrogens (tertiary/aromatic N) is 4. The molecule has 0 fully saturated rings. The fourth-order valence-electron chi connectivity index (χ4n) is 3.85. The molecule has 0 saturated heterocycles. The molecule has 3 aromatic carbocycles. The molecule has 5 rings (SSSR count). The molecule has 1 atom stereocenters. The Morgan fingerprint density at radius 1 is 0.972 bits per heavy atom. The molecule has 0 radical (unpaired) electrons. The SMILES string of the molecule is COc1cc(-c2ccc(F)c(C#N)c2)ccc1-c1nccc2cc(S(=O)Nc3ccncn3)ccc12. The van der Waals surface area contributed by atoms with E-state index >= 15 is 0 Å². The van der Waals surface area contributed by atoms with Crippen LogP contribution in [0.5, 0.6) is 5.75 Å². The van der Waals surface area contributed by atoms with Gasteiger partial charge < -0.3 is 4.74 Å². The van der Waals surface area contributed by atoms with Crippen LogP contribution in [0.2, 0.25) is 0 Å². The van der Waals surface area contributed by atoms with Gasteiger partial charge in [-0.25, -0.2) is 18.6 Å². The van der Waals surface area contributed by atoms with Crippen molar-refractivity contribution in [3.05, 3.63) is 96.8 Å². The number of rotatable bonds is 6. The molecular weight excluding hydrogens is 477 g/mol. The second-order valence-corrected chi connectivity index (χ2v) is 8.94. The number of hydrogen-bond acceptors (Lipinski definition) is 6. The van der Waals surface area contributed by atoms with E-state index in [9.17, 15) is 8.60 Å². The van der Waals surface area contributed by atoms with E-state index < -0.39 is 16.8 Å². The Hall–Kier alpha value is -4.68. The molecule has 2 aromatic heterocycles. The summed E-state index contributed by atoms with van der Waals surface area (Å²) in [6, 6.07) is 20.9. The van der Waals surface area contributed by atoms with Gasteiger partial charge >= 0.3 is 0 Å². The fourth-order valence-corrected chi connectivity index (χ4v) is 4.70. The summed E-state index contributed by atoms with van der Waals surface area (Å²) < 4.78 is 35.1. The molecule has 0 spiro atoms. The zero-order valence-corrected chi connectivity index (χ0v) is 19.8. The summed E-state index contributed by atoms with van der Waals surface area (Å²) in [5, 5.41) is 10.9. The van der Waals surface area contributed by atoms with Crippen LogP contribution in [-0.2, 0) is 11.0 Å². The van der Waals surface area contributed by atoms with Gasteiger partial charge in [0.1, 0.15) is 29.8 Å². The zero-order chi connectivity index (χ0) is 25.1. The lowest BCUT2D eigenvalue weighted by atomic mass is 9.98. The van der Waals surface area contributed by atoms with Gasteiger partial charge in [-0.2, -0.15) is 5.26 Å². The molecule has 1 N–H and O–H groups in total. The second kappa shape index (κ2) is 9.90. The third-order valence-corrected chi connectivity index (χ3v) is 6.68. The van der Waals surface area contributed by atoms with Crippen molar-refractivity contribution in [3.63, 3.8) is 0 Å². The molecule has 36 heavy (non-hydrogen) atoms. The molecule has 0 aliphatic heterocycles. The van der Waals surface area contributed by atoms with E-state index in [1.807, 2.05) is 42.5 Å². The highest BCUT2D eigenvalue weighted by Crippen LogP contribution is 2.37. The molecule has 1 unspecified atom stereocenters. The van der Waals surface area contributed by atoms with Crippen molar-refractivity contribution < 1.29 is 13.3 Å². The van der Waals surface area contributed by atoms with E-state index in [0.29, 0.717) is 27.7 Å². The van der Waals surface area contributed by atoms with Gasteiger partial charge in [0.2, 0.25) is 0 Å². The van der Waals surface area contributed by atoms with E-state index in [2.05, 4.69) is 19.7 Å². The minimum atomic E-state index is -1.51. The maximum absolute atomic E-state index is 13.8. The largest absolute Gasteiger partial charge is 0.496 e. The van der Waals surface area contributed by atoms with Crippen LogP contribution in [-0.4, -0.2) is 26.3 Å². The average Bonchev–Trinajstić information content (AvgIpc) is 2.93. The predicted molar refractivity (Wildman–Crippen MR) is 136 cm³/mol. The lowest BCUT2D eigenvalue weighted by molar-refractivity contribution is 0.416. The highest BCUT2D eigenvalue weighted by Gasteiger charge is 2.15. The number of nitrogens with one attached hydrogen (secondary N) is 1. The van der Waals surface area contributed by atoms with Gasteiger partial charge in [-0.1, -0.05) is 18.2 Å². The Kier molecular flexibility index (Phi) is 6.34. The third-order valence-electron chi connectivity index (χ3n) is 5.61. The summed E-state index contributed by atoms with van der Waals surface area (Å²) >= 11 is 0. The second-order valence-electron chi connectivity index (χ2n) is 7.73. The van der Waals surface area contributed by atoms with Gasteiger partial charge in [0.15, 0.2) is 11.0 Å². The number of hydrogen-bond donors (Lipinski definition) is 1. The lowest BCUT2D eigenvalue weighted by Gasteiger charge is -2.13. The summed E-state index contributed by atoms with van der Waals surface area (Å²) in [4.78, 5) is 13.1. The third kappa shape index (κ3) is 4.50. The summed E-state index contributed by atoms with van der Waals surface area (Å²) in [6.45, 7) is 0. The van der Waals surface area contributed by atoms with Crippen molar-refractivity contribution in [2.45, 2.75) is 4.90 Å². The Balaban J connectivity index is 1.52. The minimum Gasteiger partial charge on any atom is -0.496 e. The van der Waals surface area contributed by atoms with E-state index in [0.717, 1.165) is 21.9 Å². The van der Waals surface area contributed by atoms with E-state index in [4.69, 9.17) is 10.00 Å². The number of ether oxygens (including phenoxy) is 1. The Morgan fingerprint density at radius 3 is 2.58 bits per heavy atom. The van der Waals surface area contributed by atoms with Crippen molar-refractivity contribution >= 4 is 27.6 Å². The van der Waals surface area contributed by atoms with Gasteiger partial charge in [-0.3, -0.25) is 9.71 Å². The Bertz CT molecular complexity index is 1650. The van der Waals surface area contributed by atoms with Crippen LogP contribution < -0.4 is 9.46 Å². The monoisotopic (exact) mass is 495 g/mol. The van der Waals surface area contributed by atoms with Crippen molar-refractivity contribution in [1.82, 2.24) is 15.0 Å². The van der Waals surface area contributed by atoms with Crippen LogP contribution in [0.25, 0.3) is 33.2 Å². The van der Waals surface area contributed by atoms with Crippen molar-refractivity contribution in [3.8, 4) is 34.2 Å². The van der Waals surface area contributed by atoms with E-state index in [1.54, 1.807) is 37.7 Å². The Labute approximate surface area is 208 Å². The van der Waals surface area contributed by atoms with Crippen LogP contribution in [0, 0.1) is 17.1 Å². The predicted octanol–water partition coefficient (Wildman–Crippen LogP) is 5.51. The normalized spacial score (nSPS) is 11.6. The van der Waals surface area contributed by atoms with Gasteiger partial charge in [0, 0.05) is 23.3 Å². The Morgan fingerprint density at radius 2 is 1.81 bits per heavy atom. The number of aromatic nitrogens is 3. The van der Waals surface area contributed by atoms with Crippen LogP contribution in [0.3, 0.4) is 0 Å². The van der Waals surface area contributed by atoms with Crippen LogP contribution in [0.15, 0.2) is 90.3 Å². The molecule has 9 heteroatoms. The number of nitriles is 1. The van der Waals surface area contributed by atoms with Crippen molar-refractivity contribution in [2.75, 3.05) is 11.8 Å². The summed E-state index contributed by atoms with van der Waals surface area (Å²) in [6.07, 6.45) is 4.64. The molecule has 7 nitrogen and oxygen atoms in total. The summed E-state index contributed by atoms with van der Waals surface area (Å²) in [5.74, 6) is 0.484. The van der Waals surface area contributed by atoms with Crippen LogP contribution in [0.1, 0.15) is 5.56 Å². The topological polar surface area (TPSA) is 101 Å². The standard InChI is InChI=1S/C27H18FN5O2S/c1-35-25-14-18(17-3-7-24(28)20(12-17)15-29)2-5-23(25)27-22-6-4-21(13-19(22)8-11-31-27)36(34)33-26-9-10-30-16-32-26/h2-14,16H,1H3,(H,30,32,33). The van der Waals surface area contributed by atoms with E-state index in [-0.39, 0.29) is 5.56 Å². The van der Waals surface area contributed by atoms with E-state index in [1.165, 1.54) is 18.5 Å². The summed E-state index contributed by atoms with van der Waals surface area (Å²) in [7, 11) is 0.0572. The first-order valence-electron chi connectivity index (χ1n) is 10.8. The van der Waals surface area contributed by atoms with Gasteiger partial charge in [0.05, 0.1) is 23.3 Å². The molecule has 176 valence electrons. The number of pyridine rings is 1. The number of fused-ring (bicyclic) bond motifs is 1. The van der Waals surface area contributed by atoms with Gasteiger partial charge in [-0.15, -0.1) is 0 Å². The number of anilines is 1. The number of halogens is 1. The molecule has 2 heterocycles.